The highest BCUT2D eigenvalue weighted by Crippen LogP contribution is 2.72. The Kier molecular flexibility index (Phi) is 21.4. The molecule has 0 amide bonds. The summed E-state index contributed by atoms with van der Waals surface area (Å²) in [6.45, 7) is 10.2. The summed E-state index contributed by atoms with van der Waals surface area (Å²) in [5.41, 5.74) is 0.0995. The number of methoxy groups -OCH3 is 1. The van der Waals surface area contributed by atoms with Gasteiger partial charge in [0.25, 0.3) is 0 Å². The molecule has 514 valence electrons. The fraction of sp³-hybridized carbons (Fsp3) is 0.943. The normalized spacial score (nSPS) is 48.8. The maximum atomic E-state index is 13.0. The SMILES string of the molecule is CO[C@H]1[C@H](O)[C@H](O[C@@H]2[C@H](O)[C@@H](O[C@@H]3[C@@H](O)[C@H](O[C@@H]4OC[C@H](O)[C@H](O)[C@H]4O)[C@H](O[C@@H]4[C@H](O[C@H]5CC[C@]6(C)C7=CC[C@@]8(C)[C@@H](C(C)=O)CC[C@]8(C)[C@H]7CC[C@H]6C5(C)C)OC[C@H](OS(=O)(=O)O)[C@H]4O)O[C@H]3C)O[C@H](COS(=O)(=O)O)[C@H]2O)O[C@@H](COS(=O)(=O)O)[C@@H]1O. The van der Waals surface area contributed by atoms with E-state index >= 15 is 0 Å². The van der Waals surface area contributed by atoms with Crippen LogP contribution in [0.2, 0.25) is 0 Å². The van der Waals surface area contributed by atoms with E-state index in [4.69, 9.17) is 56.3 Å². The van der Waals surface area contributed by atoms with Gasteiger partial charge in [0.2, 0.25) is 0 Å². The zero-order valence-corrected chi connectivity index (χ0v) is 52.6. The van der Waals surface area contributed by atoms with E-state index in [-0.39, 0.29) is 39.8 Å². The molecule has 89 heavy (non-hydrogen) atoms. The first kappa shape index (κ1) is 71.5. The lowest BCUT2D eigenvalue weighted by Crippen LogP contribution is -2.68. The molecule has 8 fully saturated rings. The fourth-order valence-corrected chi connectivity index (χ4v) is 17.1. The molecule has 0 unspecified atom stereocenters. The van der Waals surface area contributed by atoms with Crippen LogP contribution in [-0.4, -0.2) is 272 Å². The third kappa shape index (κ3) is 14.2. The minimum Gasteiger partial charge on any atom is -0.388 e. The van der Waals surface area contributed by atoms with Crippen LogP contribution in [0.4, 0.5) is 0 Å². The summed E-state index contributed by atoms with van der Waals surface area (Å²) < 4.78 is 179. The summed E-state index contributed by atoms with van der Waals surface area (Å²) in [4.78, 5) is 13.0. The van der Waals surface area contributed by atoms with Crippen molar-refractivity contribution in [3.63, 3.8) is 0 Å². The summed E-state index contributed by atoms with van der Waals surface area (Å²) >= 11 is 0. The van der Waals surface area contributed by atoms with Gasteiger partial charge in [-0.05, 0) is 92.3 Å². The number of carbonyl (C=O) groups is 1. The molecular formula is C53H86O33S3. The van der Waals surface area contributed by atoms with E-state index in [0.717, 1.165) is 39.2 Å². The number of allylic oxidation sites excluding steroid dienone is 2. The number of hydrogen-bond acceptors (Lipinski definition) is 30. The Bertz CT molecular complexity index is 2870. The van der Waals surface area contributed by atoms with E-state index < -0.39 is 210 Å². The number of ketones is 1. The van der Waals surface area contributed by atoms with Gasteiger partial charge < -0.3 is 98.1 Å². The average molecular weight is 1350 g/mol. The number of Topliss-reactive ketones (excluding diaryl/α,β-unsaturated/α-hetero) is 1. The summed E-state index contributed by atoms with van der Waals surface area (Å²) in [6.07, 6.45) is -38.3. The second-order valence-corrected chi connectivity index (χ2v) is 29.5. The predicted molar refractivity (Wildman–Crippen MR) is 291 cm³/mol. The zero-order chi connectivity index (χ0) is 65.6. The van der Waals surface area contributed by atoms with Crippen LogP contribution in [0.25, 0.3) is 0 Å². The summed E-state index contributed by atoms with van der Waals surface area (Å²) in [5.74, 6) is 0.409. The fourth-order valence-electron chi connectivity index (χ4n) is 16.0. The van der Waals surface area contributed by atoms with Crippen LogP contribution in [0.15, 0.2) is 11.6 Å². The van der Waals surface area contributed by atoms with Crippen molar-refractivity contribution < 1.29 is 154 Å². The lowest BCUT2D eigenvalue weighted by atomic mass is 9.41. The van der Waals surface area contributed by atoms with Crippen molar-refractivity contribution in [3.05, 3.63) is 11.6 Å². The molecule has 5 heterocycles. The Morgan fingerprint density at radius 2 is 1.11 bits per heavy atom. The Balaban J connectivity index is 0.994. The Morgan fingerprint density at radius 3 is 1.70 bits per heavy atom. The van der Waals surface area contributed by atoms with Crippen molar-refractivity contribution in [2.45, 2.75) is 241 Å². The molecule has 30 atom stereocenters. The van der Waals surface area contributed by atoms with Gasteiger partial charge in [-0.1, -0.05) is 46.3 Å². The lowest BCUT2D eigenvalue weighted by Gasteiger charge is -2.64. The summed E-state index contributed by atoms with van der Waals surface area (Å²) in [6, 6.07) is 0. The Labute approximate surface area is 514 Å². The van der Waals surface area contributed by atoms with E-state index in [1.54, 1.807) is 6.92 Å². The standard InChI is InChI=1S/C53H86O33S3/c1-21(54)23-11-15-53(7)25-9-10-30-50(3,4)31(13-14-51(30,5)24(25)12-16-52(23,53)6)81-48-43(35(59)29(18-75-48)86-89(70,71)72)85-49-44(84-45-36(60)32(56)26(55)17-74-45)37(61)40(22(2)78-49)82-47-39(63)42(34(58)28(80-47)20-77-88(67,68)69)83-46-38(62)41(73-8)33(57)27(79-46)19-76-87(64,65)66/h12,22-23,25-49,55-63H,9-11,13-20H2,1-8H3,(H,64,65,66)(H,67,68,69)(H,70,71,72)/t22-,23+,25-,26-,27-,28+,29-,30-,31-,32-,33-,34+,35+,36+,37+,38-,39-,40-,41+,42-,43-,44-,45-,46-,47+,48-,49-,51+,52-,53+/m0/s1. The molecule has 12 N–H and O–H groups in total. The molecule has 0 aromatic carbocycles. The number of aliphatic hydroxyl groups excluding tert-OH is 9. The molecule has 0 radical (unpaired) electrons. The van der Waals surface area contributed by atoms with Gasteiger partial charge in [-0.2, -0.15) is 25.3 Å². The van der Waals surface area contributed by atoms with E-state index in [1.165, 1.54) is 12.5 Å². The Morgan fingerprint density at radius 1 is 0.562 bits per heavy atom. The number of rotatable bonds is 20. The zero-order valence-electron chi connectivity index (χ0n) is 50.1. The molecule has 9 aliphatic rings. The van der Waals surface area contributed by atoms with E-state index in [1.807, 2.05) is 0 Å². The number of carbonyl (C=O) groups excluding carboxylic acids is 1. The van der Waals surface area contributed by atoms with Crippen LogP contribution >= 0.6 is 0 Å². The van der Waals surface area contributed by atoms with E-state index in [9.17, 15) is 89.7 Å². The second-order valence-electron chi connectivity index (χ2n) is 26.3. The first-order valence-corrected chi connectivity index (χ1v) is 33.6. The maximum Gasteiger partial charge on any atom is 0.397 e. The molecule has 5 saturated heterocycles. The molecule has 0 aromatic heterocycles. The largest absolute Gasteiger partial charge is 0.397 e. The number of aliphatic hydroxyl groups is 9. The first-order valence-electron chi connectivity index (χ1n) is 29.5. The van der Waals surface area contributed by atoms with Gasteiger partial charge >= 0.3 is 31.2 Å². The first-order chi connectivity index (χ1) is 41.2. The van der Waals surface area contributed by atoms with Crippen LogP contribution in [-0.2, 0) is 101 Å². The Hall–Kier alpha value is -1.78. The number of fused-ring (bicyclic) bond motifs is 5. The van der Waals surface area contributed by atoms with Crippen molar-refractivity contribution in [2.24, 2.45) is 39.4 Å². The van der Waals surface area contributed by atoms with E-state index in [0.29, 0.717) is 12.8 Å². The van der Waals surface area contributed by atoms with Crippen molar-refractivity contribution in [1.82, 2.24) is 0 Å². The molecule has 0 bridgehead atoms. The van der Waals surface area contributed by atoms with Crippen molar-refractivity contribution in [3.8, 4) is 0 Å². The van der Waals surface area contributed by atoms with Crippen LogP contribution in [0.5, 0.6) is 0 Å². The molecule has 0 aromatic rings. The third-order valence-electron chi connectivity index (χ3n) is 20.9. The van der Waals surface area contributed by atoms with Gasteiger partial charge in [-0.25, -0.2) is 12.5 Å². The maximum absolute atomic E-state index is 13.0. The highest BCUT2D eigenvalue weighted by atomic mass is 32.3. The van der Waals surface area contributed by atoms with E-state index in [2.05, 4.69) is 49.1 Å². The quantitative estimate of drug-likeness (QED) is 0.0331. The highest BCUT2D eigenvalue weighted by molar-refractivity contribution is 7.81. The van der Waals surface area contributed by atoms with Gasteiger partial charge in [0, 0.05) is 13.0 Å². The van der Waals surface area contributed by atoms with Gasteiger partial charge in [0.1, 0.15) is 110 Å². The minimum absolute atomic E-state index is 0.0143. The molecule has 0 spiro atoms. The molecule has 36 heteroatoms. The molecular weight excluding hydrogens is 1260 g/mol. The van der Waals surface area contributed by atoms with Gasteiger partial charge in [-0.15, -0.1) is 0 Å². The minimum atomic E-state index is -5.31. The van der Waals surface area contributed by atoms with Crippen molar-refractivity contribution in [2.75, 3.05) is 33.5 Å². The number of ether oxygens (including phenoxy) is 11. The highest BCUT2D eigenvalue weighted by Gasteiger charge is 2.67. The number of hydrogen-bond donors (Lipinski definition) is 12. The summed E-state index contributed by atoms with van der Waals surface area (Å²) in [5, 5.41) is 102. The monoisotopic (exact) mass is 1350 g/mol. The van der Waals surface area contributed by atoms with Crippen molar-refractivity contribution in [1.29, 1.82) is 0 Å². The molecule has 5 aliphatic heterocycles. The smallest absolute Gasteiger partial charge is 0.388 e. The molecule has 3 saturated carbocycles. The van der Waals surface area contributed by atoms with Gasteiger partial charge in [0.05, 0.1) is 38.6 Å². The molecule has 4 aliphatic carbocycles. The summed E-state index contributed by atoms with van der Waals surface area (Å²) in [7, 11) is -14.8. The molecule has 9 rings (SSSR count). The van der Waals surface area contributed by atoms with Gasteiger partial charge in [0.15, 0.2) is 31.5 Å². The third-order valence-corrected chi connectivity index (χ3v) is 22.2. The lowest BCUT2D eigenvalue weighted by molar-refractivity contribution is -0.403. The van der Waals surface area contributed by atoms with Crippen LogP contribution in [0, 0.1) is 39.4 Å². The van der Waals surface area contributed by atoms with Crippen molar-refractivity contribution >= 4 is 37.0 Å². The topological polar surface area (TPSA) is 491 Å². The molecule has 33 nitrogen and oxygen atoms in total. The van der Waals surface area contributed by atoms with Crippen LogP contribution in [0.1, 0.15) is 93.4 Å². The van der Waals surface area contributed by atoms with Gasteiger partial charge in [-0.3, -0.25) is 18.5 Å². The second kappa shape index (κ2) is 26.7. The predicted octanol–water partition coefficient (Wildman–Crippen LogP) is -2.90. The average Bonchev–Trinajstić information content (AvgIpc) is 1.68. The van der Waals surface area contributed by atoms with Crippen LogP contribution in [0.3, 0.4) is 0 Å². The van der Waals surface area contributed by atoms with Crippen LogP contribution < -0.4 is 0 Å².